The number of hydrogen-bond acceptors (Lipinski definition) is 0. The van der Waals surface area contributed by atoms with E-state index >= 15 is 0 Å². The first-order valence-electron chi connectivity index (χ1n) is 4.73. The van der Waals surface area contributed by atoms with Crippen LogP contribution >= 0.6 is 8.58 Å². The van der Waals surface area contributed by atoms with Crippen LogP contribution in [0.25, 0.3) is 0 Å². The van der Waals surface area contributed by atoms with E-state index in [1.165, 1.54) is 38.0 Å². The minimum Gasteiger partial charge on any atom is -0.118 e. The summed E-state index contributed by atoms with van der Waals surface area (Å²) in [7, 11) is 1.16. The molecule has 1 unspecified atom stereocenters. The zero-order valence-corrected chi connectivity index (χ0v) is 8.90. The summed E-state index contributed by atoms with van der Waals surface area (Å²) in [6.07, 6.45) is 12.9. The first-order valence-corrected chi connectivity index (χ1v) is 6.15. The number of unbranched alkanes of at least 4 members (excludes halogenated alkanes) is 3. The van der Waals surface area contributed by atoms with Crippen molar-refractivity contribution in [3.05, 3.63) is 12.2 Å². The molecule has 0 nitrogen and oxygen atoms in total. The largest absolute Gasteiger partial charge is 0.118 e. The van der Waals surface area contributed by atoms with Crippen LogP contribution in [0.15, 0.2) is 12.2 Å². The minimum absolute atomic E-state index is 1.16. The third kappa shape index (κ3) is 10.2. The molecule has 0 saturated carbocycles. The zero-order valence-electron chi connectivity index (χ0n) is 7.90. The van der Waals surface area contributed by atoms with Crippen LogP contribution in [0.2, 0.25) is 0 Å². The lowest BCUT2D eigenvalue weighted by molar-refractivity contribution is 0.706. The van der Waals surface area contributed by atoms with Crippen molar-refractivity contribution in [1.29, 1.82) is 0 Å². The van der Waals surface area contributed by atoms with Gasteiger partial charge in [0.1, 0.15) is 0 Å². The van der Waals surface area contributed by atoms with Crippen molar-refractivity contribution in [3.63, 3.8) is 0 Å². The molecule has 0 rings (SSSR count). The van der Waals surface area contributed by atoms with E-state index in [-0.39, 0.29) is 0 Å². The Morgan fingerprint density at radius 2 is 2.00 bits per heavy atom. The second-order valence-electron chi connectivity index (χ2n) is 2.83. The fourth-order valence-electron chi connectivity index (χ4n) is 0.980. The Morgan fingerprint density at radius 1 is 1.18 bits per heavy atom. The summed E-state index contributed by atoms with van der Waals surface area (Å²) in [5.74, 6) is 0. The molecule has 66 valence electrons. The van der Waals surface area contributed by atoms with Gasteiger partial charge in [0, 0.05) is 0 Å². The smallest absolute Gasteiger partial charge is 0.0172 e. The highest BCUT2D eigenvalue weighted by atomic mass is 31.1. The lowest BCUT2D eigenvalue weighted by atomic mass is 10.2. The maximum atomic E-state index is 2.28. The predicted octanol–water partition coefficient (Wildman–Crippen LogP) is 3.82. The molecule has 0 aromatic rings. The van der Waals surface area contributed by atoms with Crippen LogP contribution in [-0.4, -0.2) is 12.3 Å². The van der Waals surface area contributed by atoms with Gasteiger partial charge >= 0.3 is 0 Å². The lowest BCUT2D eigenvalue weighted by Gasteiger charge is -1.97. The van der Waals surface area contributed by atoms with E-state index in [0.29, 0.717) is 0 Å². The van der Waals surface area contributed by atoms with E-state index in [0.717, 1.165) is 8.58 Å². The fraction of sp³-hybridized carbons (Fsp3) is 0.800. The molecule has 0 radical (unpaired) electrons. The van der Waals surface area contributed by atoms with Gasteiger partial charge in [-0.3, -0.25) is 0 Å². The maximum absolute atomic E-state index is 2.28. The predicted molar refractivity (Wildman–Crippen MR) is 57.0 cm³/mol. The first-order chi connectivity index (χ1) is 5.41. The highest BCUT2D eigenvalue weighted by Crippen LogP contribution is 2.13. The quantitative estimate of drug-likeness (QED) is 0.311. The molecule has 0 aliphatic carbocycles. The Hall–Kier alpha value is 0.170. The molecule has 0 aliphatic heterocycles. The van der Waals surface area contributed by atoms with Crippen LogP contribution in [0.3, 0.4) is 0 Å². The summed E-state index contributed by atoms with van der Waals surface area (Å²) in [6.45, 7) is 4.36. The van der Waals surface area contributed by atoms with E-state index < -0.39 is 0 Å². The highest BCUT2D eigenvalue weighted by Gasteiger charge is 1.86. The normalized spacial score (nSPS) is 12.2. The summed E-state index contributed by atoms with van der Waals surface area (Å²) < 4.78 is 0. The van der Waals surface area contributed by atoms with E-state index in [2.05, 4.69) is 26.0 Å². The summed E-state index contributed by atoms with van der Waals surface area (Å²) in [6, 6.07) is 0. The van der Waals surface area contributed by atoms with E-state index in [4.69, 9.17) is 0 Å². The van der Waals surface area contributed by atoms with Crippen molar-refractivity contribution in [1.82, 2.24) is 0 Å². The second-order valence-corrected chi connectivity index (χ2v) is 4.24. The molecule has 0 heterocycles. The Bertz CT molecular complexity index is 86.9. The first kappa shape index (κ1) is 11.2. The van der Waals surface area contributed by atoms with Gasteiger partial charge < -0.3 is 0 Å². The van der Waals surface area contributed by atoms with Gasteiger partial charge in [-0.05, 0) is 25.7 Å². The van der Waals surface area contributed by atoms with Crippen molar-refractivity contribution >= 4 is 8.58 Å². The fourth-order valence-corrected chi connectivity index (χ4v) is 2.09. The van der Waals surface area contributed by atoms with Gasteiger partial charge in [0.15, 0.2) is 0 Å². The van der Waals surface area contributed by atoms with Crippen LogP contribution < -0.4 is 0 Å². The molecule has 0 aromatic heterocycles. The third-order valence-corrected chi connectivity index (χ3v) is 2.94. The Labute approximate surface area is 73.2 Å². The van der Waals surface area contributed by atoms with Gasteiger partial charge in [-0.2, -0.15) is 0 Å². The Morgan fingerprint density at radius 3 is 2.64 bits per heavy atom. The van der Waals surface area contributed by atoms with Crippen molar-refractivity contribution in [2.75, 3.05) is 12.3 Å². The molecule has 0 aliphatic rings. The average molecular weight is 172 g/mol. The SMILES string of the molecule is CC=CCPCCCCCC. The summed E-state index contributed by atoms with van der Waals surface area (Å²) in [5.41, 5.74) is 0. The molecule has 0 amide bonds. The average Bonchev–Trinajstić information content (AvgIpc) is 2.03. The van der Waals surface area contributed by atoms with Gasteiger partial charge in [0.05, 0.1) is 0 Å². The molecule has 0 aromatic carbocycles. The van der Waals surface area contributed by atoms with Crippen molar-refractivity contribution < 1.29 is 0 Å². The standard InChI is InChI=1S/C10H21P/c1-3-5-7-8-10-11-9-6-4-2/h4,6,11H,3,5,7-10H2,1-2H3. The van der Waals surface area contributed by atoms with E-state index in [1.54, 1.807) is 0 Å². The van der Waals surface area contributed by atoms with Crippen molar-refractivity contribution in [2.24, 2.45) is 0 Å². The Balaban J connectivity index is 2.79. The van der Waals surface area contributed by atoms with Crippen LogP contribution in [0.1, 0.15) is 39.5 Å². The van der Waals surface area contributed by atoms with Gasteiger partial charge in [0.25, 0.3) is 0 Å². The van der Waals surface area contributed by atoms with Crippen molar-refractivity contribution in [3.8, 4) is 0 Å². The molecular weight excluding hydrogens is 151 g/mol. The molecule has 0 bridgehead atoms. The number of rotatable bonds is 7. The molecule has 0 spiro atoms. The lowest BCUT2D eigenvalue weighted by Crippen LogP contribution is -1.79. The van der Waals surface area contributed by atoms with Gasteiger partial charge in [-0.15, -0.1) is 8.58 Å². The van der Waals surface area contributed by atoms with E-state index in [1.807, 2.05) is 0 Å². The van der Waals surface area contributed by atoms with Crippen LogP contribution in [0, 0.1) is 0 Å². The molecule has 0 saturated heterocycles. The molecule has 0 fully saturated rings. The monoisotopic (exact) mass is 172 g/mol. The topological polar surface area (TPSA) is 0 Å². The number of allylic oxidation sites excluding steroid dienone is 2. The molecule has 0 N–H and O–H groups in total. The van der Waals surface area contributed by atoms with Crippen molar-refractivity contribution in [2.45, 2.75) is 39.5 Å². The van der Waals surface area contributed by atoms with Crippen LogP contribution in [-0.2, 0) is 0 Å². The summed E-state index contributed by atoms with van der Waals surface area (Å²) in [5, 5.41) is 0. The van der Waals surface area contributed by atoms with Gasteiger partial charge in [0.2, 0.25) is 0 Å². The van der Waals surface area contributed by atoms with E-state index in [9.17, 15) is 0 Å². The molecular formula is C10H21P. The molecule has 11 heavy (non-hydrogen) atoms. The Kier molecular flexibility index (Phi) is 10.3. The molecule has 1 atom stereocenters. The van der Waals surface area contributed by atoms with Crippen LogP contribution in [0.5, 0.6) is 0 Å². The zero-order chi connectivity index (χ0) is 8.36. The van der Waals surface area contributed by atoms with Gasteiger partial charge in [-0.25, -0.2) is 0 Å². The maximum Gasteiger partial charge on any atom is -0.0172 e. The van der Waals surface area contributed by atoms with Gasteiger partial charge in [-0.1, -0.05) is 38.3 Å². The van der Waals surface area contributed by atoms with Crippen LogP contribution in [0.4, 0.5) is 0 Å². The second kappa shape index (κ2) is 10.2. The minimum atomic E-state index is 1.16. The molecule has 1 heteroatoms. The number of hydrogen-bond donors (Lipinski definition) is 0. The summed E-state index contributed by atoms with van der Waals surface area (Å²) in [4.78, 5) is 0. The summed E-state index contributed by atoms with van der Waals surface area (Å²) >= 11 is 0. The highest BCUT2D eigenvalue weighted by molar-refractivity contribution is 7.38. The third-order valence-electron chi connectivity index (χ3n) is 1.70.